The van der Waals surface area contributed by atoms with Crippen LogP contribution >= 0.6 is 16.0 Å². The first-order valence-corrected chi connectivity index (χ1v) is 26.5. The van der Waals surface area contributed by atoms with Crippen LogP contribution in [0.4, 0.5) is 0 Å². The first-order valence-electron chi connectivity index (χ1n) is 24.1. The molecular formula is C60H72O8P2. The van der Waals surface area contributed by atoms with Crippen LogP contribution in [0.2, 0.25) is 0 Å². The molecule has 370 valence electrons. The molecule has 8 nitrogen and oxygen atoms in total. The summed E-state index contributed by atoms with van der Waals surface area (Å²) in [5.74, 6) is 2.97. The van der Waals surface area contributed by atoms with Crippen LogP contribution < -0.4 is 18.9 Å². The zero-order valence-electron chi connectivity index (χ0n) is 45.1. The van der Waals surface area contributed by atoms with Gasteiger partial charge in [0.1, 0.15) is 45.3 Å². The highest BCUT2D eigenvalue weighted by atomic mass is 31.1. The normalized spacial score (nSPS) is 12.6. The molecule has 8 rings (SSSR count). The average Bonchev–Trinajstić information content (AvgIpc) is 3.55. The SMILES string of the molecule is COc1cc(C(C)(C)C)c2op(-c3c(C)ccc(C)c3-c3c(C)ccc(C)c3-p3oc4c(C(C)(C)C)cc(OC)cc4c4cc(OC)cc(C(C)(C)C)c4o3)oc3c(C(C)(C)C)cc(OC)cc3c2c1. The minimum Gasteiger partial charge on any atom is -0.497 e. The van der Waals surface area contributed by atoms with Crippen molar-refractivity contribution in [3.63, 3.8) is 0 Å². The predicted molar refractivity (Wildman–Crippen MR) is 294 cm³/mol. The van der Waals surface area contributed by atoms with Crippen molar-refractivity contribution in [2.75, 3.05) is 28.4 Å². The molecule has 0 amide bonds. The van der Waals surface area contributed by atoms with Gasteiger partial charge in [-0.1, -0.05) is 107 Å². The van der Waals surface area contributed by atoms with Gasteiger partial charge in [-0.25, -0.2) is 0 Å². The van der Waals surface area contributed by atoms with Gasteiger partial charge in [-0.15, -0.1) is 0 Å². The lowest BCUT2D eigenvalue weighted by atomic mass is 9.84. The van der Waals surface area contributed by atoms with Gasteiger partial charge < -0.3 is 35.7 Å². The Balaban J connectivity index is 1.62. The Morgan fingerprint density at radius 2 is 0.543 bits per heavy atom. The van der Waals surface area contributed by atoms with Crippen LogP contribution in [0.5, 0.6) is 23.0 Å². The molecule has 0 aliphatic heterocycles. The summed E-state index contributed by atoms with van der Waals surface area (Å²) in [6.07, 6.45) is 0. The van der Waals surface area contributed by atoms with E-state index in [1.165, 1.54) is 0 Å². The van der Waals surface area contributed by atoms with Gasteiger partial charge in [-0.2, -0.15) is 0 Å². The lowest BCUT2D eigenvalue weighted by molar-refractivity contribution is 0.413. The maximum absolute atomic E-state index is 7.61. The molecule has 0 unspecified atom stereocenters. The topological polar surface area (TPSA) is 89.5 Å². The fourth-order valence-electron chi connectivity index (χ4n) is 9.55. The number of hydrogen-bond acceptors (Lipinski definition) is 8. The highest BCUT2D eigenvalue weighted by Gasteiger charge is 2.31. The van der Waals surface area contributed by atoms with Gasteiger partial charge in [0.25, 0.3) is 16.0 Å². The van der Waals surface area contributed by atoms with Gasteiger partial charge in [0.15, 0.2) is 0 Å². The second kappa shape index (κ2) is 18.2. The molecule has 70 heavy (non-hydrogen) atoms. The van der Waals surface area contributed by atoms with Gasteiger partial charge in [0.2, 0.25) is 0 Å². The summed E-state index contributed by atoms with van der Waals surface area (Å²) in [6.45, 7) is 35.3. The number of hydrogen-bond donors (Lipinski definition) is 0. The molecule has 8 aromatic rings. The van der Waals surface area contributed by atoms with Gasteiger partial charge in [-0.3, -0.25) is 0 Å². The second-order valence-electron chi connectivity index (χ2n) is 22.9. The first kappa shape index (κ1) is 50.7. The van der Waals surface area contributed by atoms with Crippen molar-refractivity contribution in [2.45, 2.75) is 132 Å². The molecule has 2 heterocycles. The molecule has 0 aliphatic rings. The van der Waals surface area contributed by atoms with E-state index >= 15 is 0 Å². The van der Waals surface area contributed by atoms with E-state index in [4.69, 9.17) is 35.7 Å². The summed E-state index contributed by atoms with van der Waals surface area (Å²) in [4.78, 5) is 0. The van der Waals surface area contributed by atoms with Crippen molar-refractivity contribution in [1.82, 2.24) is 0 Å². The number of methoxy groups -OCH3 is 4. The molecule has 0 bridgehead atoms. The standard InChI is InChI=1S/C60H72O8P2/c1-33-21-23-35(3)55(69-65-51-41(25-37(61-17)29-45(51)57(5,6)7)42-26-38(62-18)30-46(52(42)66-69)58(8,9)10)49(33)50-34(2)22-24-36(4)56(50)70-67-53-43(27-39(63-19)31-47(53)59(11,12)13)44-28-40(64-20)32-48(54(44)68-70)60(14,15)16/h21-32H,1-20H3. The molecule has 0 aliphatic carbocycles. The third-order valence-electron chi connectivity index (χ3n) is 13.5. The van der Waals surface area contributed by atoms with Crippen molar-refractivity contribution >= 4 is 59.9 Å². The van der Waals surface area contributed by atoms with E-state index < -0.39 is 16.0 Å². The minimum atomic E-state index is -1.88. The predicted octanol–water partition coefficient (Wildman–Crippen LogP) is 19.0. The molecule has 0 N–H and O–H groups in total. The van der Waals surface area contributed by atoms with Crippen LogP contribution in [0.3, 0.4) is 0 Å². The maximum atomic E-state index is 7.61. The smallest absolute Gasteiger partial charge is 0.253 e. The fourth-order valence-corrected chi connectivity index (χ4v) is 13.1. The van der Waals surface area contributed by atoms with Crippen LogP contribution in [0.15, 0.2) is 89.6 Å². The Morgan fingerprint density at radius 3 is 0.743 bits per heavy atom. The molecule has 2 aromatic heterocycles. The molecule has 0 radical (unpaired) electrons. The minimum absolute atomic E-state index is 0.324. The zero-order chi connectivity index (χ0) is 51.2. The van der Waals surface area contributed by atoms with Crippen molar-refractivity contribution in [3.8, 4) is 44.7 Å². The summed E-state index contributed by atoms with van der Waals surface area (Å²) in [7, 11) is 3.11. The van der Waals surface area contributed by atoms with Gasteiger partial charge in [-0.05, 0) is 120 Å². The first-order chi connectivity index (χ1) is 32.7. The Morgan fingerprint density at radius 1 is 0.329 bits per heavy atom. The summed E-state index contributed by atoms with van der Waals surface area (Å²) in [5.41, 5.74) is 12.2. The van der Waals surface area contributed by atoms with Crippen LogP contribution in [-0.4, -0.2) is 28.4 Å². The number of ether oxygens (including phenoxy) is 4. The van der Waals surface area contributed by atoms with Gasteiger partial charge >= 0.3 is 0 Å². The molecule has 6 aromatic carbocycles. The molecule has 0 fully saturated rings. The Bertz CT molecular complexity index is 3060. The Kier molecular flexibility index (Phi) is 13.2. The van der Waals surface area contributed by atoms with E-state index in [0.717, 1.165) is 133 Å². The molecule has 0 saturated heterocycles. The van der Waals surface area contributed by atoms with E-state index in [0.29, 0.717) is 0 Å². The van der Waals surface area contributed by atoms with E-state index in [1.54, 1.807) is 28.4 Å². The van der Waals surface area contributed by atoms with Crippen molar-refractivity contribution in [2.24, 2.45) is 0 Å². The molecule has 0 atom stereocenters. The number of fused-ring (bicyclic) bond motifs is 6. The van der Waals surface area contributed by atoms with Gasteiger partial charge in [0.05, 0.1) is 39.0 Å². The van der Waals surface area contributed by atoms with Crippen molar-refractivity contribution < 1.29 is 35.7 Å². The number of rotatable bonds is 7. The summed E-state index contributed by atoms with van der Waals surface area (Å²) < 4.78 is 54.5. The largest absolute Gasteiger partial charge is 0.497 e. The van der Waals surface area contributed by atoms with Crippen molar-refractivity contribution in [3.05, 3.63) is 117 Å². The van der Waals surface area contributed by atoms with E-state index in [1.807, 2.05) is 0 Å². The average molecular weight is 983 g/mol. The summed E-state index contributed by atoms with van der Waals surface area (Å²) in [5, 5.41) is 5.55. The van der Waals surface area contributed by atoms with E-state index in [-0.39, 0.29) is 21.7 Å². The molecule has 0 spiro atoms. The summed E-state index contributed by atoms with van der Waals surface area (Å²) in [6, 6.07) is 25.6. The van der Waals surface area contributed by atoms with E-state index in [9.17, 15) is 0 Å². The van der Waals surface area contributed by atoms with Crippen LogP contribution in [-0.2, 0) is 21.7 Å². The zero-order valence-corrected chi connectivity index (χ0v) is 46.9. The second-order valence-corrected chi connectivity index (χ2v) is 25.6. The monoisotopic (exact) mass is 982 g/mol. The third-order valence-corrected chi connectivity index (χ3v) is 16.8. The number of aryl methyl sites for hydroxylation is 4. The molecule has 0 saturated carbocycles. The van der Waals surface area contributed by atoms with E-state index in [2.05, 4.69) is 184 Å². The number of benzene rings is 6. The highest BCUT2D eigenvalue weighted by molar-refractivity contribution is 7.47. The Hall–Kier alpha value is -5.68. The lowest BCUT2D eigenvalue weighted by Gasteiger charge is -2.22. The van der Waals surface area contributed by atoms with Gasteiger partial charge in [0, 0.05) is 54.9 Å². The van der Waals surface area contributed by atoms with Crippen molar-refractivity contribution in [1.29, 1.82) is 0 Å². The maximum Gasteiger partial charge on any atom is 0.253 e. The summed E-state index contributed by atoms with van der Waals surface area (Å²) >= 11 is 0. The quantitative estimate of drug-likeness (QED) is 0.156. The van der Waals surface area contributed by atoms with Crippen LogP contribution in [0.1, 0.15) is 128 Å². The fraction of sp³-hybridized carbons (Fsp3) is 0.400. The third kappa shape index (κ3) is 9.12. The Labute approximate surface area is 416 Å². The van der Waals surface area contributed by atoms with Crippen LogP contribution in [0.25, 0.3) is 65.6 Å². The highest BCUT2D eigenvalue weighted by Crippen LogP contribution is 2.58. The van der Waals surface area contributed by atoms with Crippen LogP contribution in [0, 0.1) is 27.7 Å². The lowest BCUT2D eigenvalue weighted by Crippen LogP contribution is -2.12. The molecular weight excluding hydrogens is 911 g/mol. The molecule has 10 heteroatoms.